The number of amides is 2. The predicted octanol–water partition coefficient (Wildman–Crippen LogP) is 5.10. The molecule has 0 aliphatic carbocycles. The van der Waals surface area contributed by atoms with E-state index in [1.165, 1.54) is 11.8 Å². The minimum absolute atomic E-state index is 0.0133. The molecule has 0 spiro atoms. The Balaban J connectivity index is 1.38. The van der Waals surface area contributed by atoms with Crippen LogP contribution in [0.1, 0.15) is 29.5 Å². The van der Waals surface area contributed by atoms with E-state index in [4.69, 9.17) is 16.3 Å². The highest BCUT2D eigenvalue weighted by Gasteiger charge is 2.08. The van der Waals surface area contributed by atoms with Crippen molar-refractivity contribution in [1.29, 1.82) is 0 Å². The number of hydrogen-bond donors (Lipinski definition) is 2. The number of hydrazone groups is 1. The van der Waals surface area contributed by atoms with Gasteiger partial charge in [0.2, 0.25) is 11.8 Å². The van der Waals surface area contributed by atoms with Crippen molar-refractivity contribution >= 4 is 35.3 Å². The summed E-state index contributed by atoms with van der Waals surface area (Å²) >= 11 is 6.00. The van der Waals surface area contributed by atoms with Crippen LogP contribution in [-0.2, 0) is 16.2 Å². The Hall–Kier alpha value is -3.64. The molecule has 32 heavy (non-hydrogen) atoms. The molecule has 7 heteroatoms. The average molecular weight is 450 g/mol. The number of aryl methyl sites for hydroxylation is 1. The van der Waals surface area contributed by atoms with E-state index in [1.807, 2.05) is 43.3 Å². The minimum Gasteiger partial charge on any atom is -0.489 e. The number of hydrogen-bond acceptors (Lipinski definition) is 4. The second kappa shape index (κ2) is 11.7. The van der Waals surface area contributed by atoms with Gasteiger partial charge in [0.05, 0.1) is 16.9 Å². The van der Waals surface area contributed by atoms with E-state index < -0.39 is 0 Å². The summed E-state index contributed by atoms with van der Waals surface area (Å²) in [6, 6.07) is 22.5. The fourth-order valence-electron chi connectivity index (χ4n) is 2.74. The summed E-state index contributed by atoms with van der Waals surface area (Å²) < 4.78 is 5.77. The number of carbonyl (C=O) groups excluding carboxylic acids is 2. The molecule has 0 unspecified atom stereocenters. The summed E-state index contributed by atoms with van der Waals surface area (Å²) in [5, 5.41) is 7.05. The highest BCUT2D eigenvalue weighted by atomic mass is 35.5. The number of carbonyl (C=O) groups is 2. The molecule has 2 amide bonds. The van der Waals surface area contributed by atoms with Crippen molar-refractivity contribution in [3.8, 4) is 5.75 Å². The maximum absolute atomic E-state index is 12.0. The lowest BCUT2D eigenvalue weighted by atomic mass is 10.2. The SMILES string of the molecule is Cc1ccc(COc2ccc(C=NNC(=O)CCC(=O)Nc3ccccc3Cl)cc2)cc1. The van der Waals surface area contributed by atoms with Crippen LogP contribution < -0.4 is 15.5 Å². The van der Waals surface area contributed by atoms with Crippen molar-refractivity contribution in [2.75, 3.05) is 5.32 Å². The molecule has 3 aromatic rings. The number of rotatable bonds is 9. The third kappa shape index (κ3) is 7.56. The van der Waals surface area contributed by atoms with Gasteiger partial charge in [-0.05, 0) is 54.4 Å². The highest BCUT2D eigenvalue weighted by Crippen LogP contribution is 2.20. The molecule has 0 radical (unpaired) electrons. The van der Waals surface area contributed by atoms with Gasteiger partial charge >= 0.3 is 0 Å². The van der Waals surface area contributed by atoms with Crippen LogP contribution in [0.3, 0.4) is 0 Å². The second-order valence-corrected chi connectivity index (χ2v) is 7.57. The highest BCUT2D eigenvalue weighted by molar-refractivity contribution is 6.33. The summed E-state index contributed by atoms with van der Waals surface area (Å²) in [4.78, 5) is 23.9. The Morgan fingerprint density at radius 2 is 1.62 bits per heavy atom. The number of benzene rings is 3. The number of nitrogens with one attached hydrogen (secondary N) is 2. The Morgan fingerprint density at radius 3 is 2.34 bits per heavy atom. The molecule has 0 aromatic heterocycles. The first-order valence-electron chi connectivity index (χ1n) is 10.1. The molecule has 0 fully saturated rings. The van der Waals surface area contributed by atoms with E-state index >= 15 is 0 Å². The van der Waals surface area contributed by atoms with Gasteiger partial charge in [-0.1, -0.05) is 53.6 Å². The van der Waals surface area contributed by atoms with Crippen LogP contribution in [0.2, 0.25) is 5.02 Å². The Kier molecular flexibility index (Phi) is 8.40. The van der Waals surface area contributed by atoms with Crippen molar-refractivity contribution in [1.82, 2.24) is 5.43 Å². The molecule has 0 heterocycles. The molecule has 3 rings (SSSR count). The number of anilines is 1. The molecule has 0 bridgehead atoms. The molecule has 0 aliphatic rings. The van der Waals surface area contributed by atoms with Crippen molar-refractivity contribution in [2.24, 2.45) is 5.10 Å². The maximum Gasteiger partial charge on any atom is 0.240 e. The first kappa shape index (κ1) is 23.0. The minimum atomic E-state index is -0.353. The molecule has 0 aliphatic heterocycles. The summed E-state index contributed by atoms with van der Waals surface area (Å²) in [6.07, 6.45) is 1.57. The van der Waals surface area contributed by atoms with Crippen LogP contribution >= 0.6 is 11.6 Å². The molecule has 3 aromatic carbocycles. The van der Waals surface area contributed by atoms with Gasteiger partial charge in [0.25, 0.3) is 0 Å². The number of halogens is 1. The predicted molar refractivity (Wildman–Crippen MR) is 127 cm³/mol. The average Bonchev–Trinajstić information content (AvgIpc) is 2.80. The molecule has 0 saturated heterocycles. The van der Waals surface area contributed by atoms with Crippen LogP contribution in [0.15, 0.2) is 77.9 Å². The third-order valence-corrected chi connectivity index (χ3v) is 4.87. The van der Waals surface area contributed by atoms with Crippen molar-refractivity contribution in [3.05, 3.63) is 94.5 Å². The van der Waals surface area contributed by atoms with Crippen LogP contribution in [0.5, 0.6) is 5.75 Å². The van der Waals surface area contributed by atoms with Crippen LogP contribution in [0.25, 0.3) is 0 Å². The lowest BCUT2D eigenvalue weighted by molar-refractivity contribution is -0.124. The molecular formula is C25H24ClN3O3. The van der Waals surface area contributed by atoms with E-state index in [-0.39, 0.29) is 24.7 Å². The molecular weight excluding hydrogens is 426 g/mol. The largest absolute Gasteiger partial charge is 0.489 e. The van der Waals surface area contributed by atoms with Gasteiger partial charge in [-0.3, -0.25) is 9.59 Å². The first-order chi connectivity index (χ1) is 15.5. The van der Waals surface area contributed by atoms with Crippen molar-refractivity contribution < 1.29 is 14.3 Å². The summed E-state index contributed by atoms with van der Waals surface area (Å²) in [6.45, 7) is 2.54. The Morgan fingerprint density at radius 1 is 0.938 bits per heavy atom. The quantitative estimate of drug-likeness (QED) is 0.352. The van der Waals surface area contributed by atoms with E-state index in [9.17, 15) is 9.59 Å². The van der Waals surface area contributed by atoms with Gasteiger partial charge in [0, 0.05) is 12.8 Å². The van der Waals surface area contributed by atoms with Crippen LogP contribution in [0, 0.1) is 6.92 Å². The summed E-state index contributed by atoms with van der Waals surface area (Å²) in [5.74, 6) is 0.100. The number of nitrogens with zero attached hydrogens (tertiary/aromatic N) is 1. The third-order valence-electron chi connectivity index (χ3n) is 4.54. The summed E-state index contributed by atoms with van der Waals surface area (Å²) in [5.41, 5.74) is 6.06. The molecule has 0 saturated carbocycles. The van der Waals surface area contributed by atoms with E-state index in [0.717, 1.165) is 16.9 Å². The van der Waals surface area contributed by atoms with Crippen molar-refractivity contribution in [2.45, 2.75) is 26.4 Å². The second-order valence-electron chi connectivity index (χ2n) is 7.16. The number of para-hydroxylation sites is 1. The first-order valence-corrected chi connectivity index (χ1v) is 10.5. The number of ether oxygens (including phenoxy) is 1. The lowest BCUT2D eigenvalue weighted by Gasteiger charge is -2.07. The van der Waals surface area contributed by atoms with E-state index in [2.05, 4.69) is 28.0 Å². The Bertz CT molecular complexity index is 1080. The van der Waals surface area contributed by atoms with Gasteiger partial charge in [-0.25, -0.2) is 5.43 Å². The Labute approximate surface area is 192 Å². The van der Waals surface area contributed by atoms with Gasteiger partial charge in [0.1, 0.15) is 12.4 Å². The van der Waals surface area contributed by atoms with Gasteiger partial charge in [-0.15, -0.1) is 0 Å². The standard InChI is InChI=1S/C25H24ClN3O3/c1-18-6-8-20(9-7-18)17-32-21-12-10-19(11-13-21)16-27-29-25(31)15-14-24(30)28-23-5-3-2-4-22(23)26/h2-13,16H,14-15,17H2,1H3,(H,28,30)(H,29,31). The smallest absolute Gasteiger partial charge is 0.240 e. The maximum atomic E-state index is 12.0. The van der Waals surface area contributed by atoms with Crippen molar-refractivity contribution in [3.63, 3.8) is 0 Å². The van der Waals surface area contributed by atoms with Gasteiger partial charge in [-0.2, -0.15) is 5.10 Å². The molecule has 164 valence electrons. The molecule has 0 atom stereocenters. The lowest BCUT2D eigenvalue weighted by Crippen LogP contribution is -2.20. The monoisotopic (exact) mass is 449 g/mol. The normalized spacial score (nSPS) is 10.7. The summed E-state index contributed by atoms with van der Waals surface area (Å²) in [7, 11) is 0. The molecule has 6 nitrogen and oxygen atoms in total. The molecule has 2 N–H and O–H groups in total. The topological polar surface area (TPSA) is 79.8 Å². The van der Waals surface area contributed by atoms with Crippen LogP contribution in [0.4, 0.5) is 5.69 Å². The zero-order valence-electron chi connectivity index (χ0n) is 17.7. The fraction of sp³-hybridized carbons (Fsp3) is 0.160. The van der Waals surface area contributed by atoms with E-state index in [0.29, 0.717) is 17.3 Å². The van der Waals surface area contributed by atoms with Gasteiger partial charge in [0.15, 0.2) is 0 Å². The zero-order valence-corrected chi connectivity index (χ0v) is 18.4. The van der Waals surface area contributed by atoms with Gasteiger partial charge < -0.3 is 10.1 Å². The van der Waals surface area contributed by atoms with Crippen LogP contribution in [-0.4, -0.2) is 18.0 Å². The zero-order chi connectivity index (χ0) is 22.8. The fourth-order valence-corrected chi connectivity index (χ4v) is 2.92. The van der Waals surface area contributed by atoms with E-state index in [1.54, 1.807) is 24.3 Å².